The zero-order chi connectivity index (χ0) is 28.4. The van der Waals surface area contributed by atoms with Crippen molar-refractivity contribution in [1.82, 2.24) is 9.97 Å². The van der Waals surface area contributed by atoms with Crippen molar-refractivity contribution in [2.75, 3.05) is 25.2 Å². The van der Waals surface area contributed by atoms with E-state index in [9.17, 15) is 19.5 Å². The summed E-state index contributed by atoms with van der Waals surface area (Å²) in [6.45, 7) is 10.8. The van der Waals surface area contributed by atoms with Gasteiger partial charge in [-0.15, -0.1) is 11.3 Å². The molecule has 0 spiro atoms. The van der Waals surface area contributed by atoms with E-state index >= 15 is 0 Å². The molecule has 0 radical (unpaired) electrons. The highest BCUT2D eigenvalue weighted by Crippen LogP contribution is 2.46. The number of aromatic nitrogens is 2. The number of thiazole rings is 2. The summed E-state index contributed by atoms with van der Waals surface area (Å²) >= 11 is 2.12. The summed E-state index contributed by atoms with van der Waals surface area (Å²) in [5.74, 6) is -1.84. The van der Waals surface area contributed by atoms with Crippen LogP contribution in [-0.4, -0.2) is 53.1 Å². The Hall–Kier alpha value is -4.03. The van der Waals surface area contributed by atoms with E-state index < -0.39 is 29.5 Å². The van der Waals surface area contributed by atoms with E-state index in [1.165, 1.54) is 23.3 Å². The number of rotatable bonds is 10. The molecule has 3 aromatic rings. The minimum atomic E-state index is -1.07. The number of ketones is 1. The molecular weight excluding hydrogens is 542 g/mol. The smallest absolute Gasteiger partial charge is 0.350 e. The lowest BCUT2D eigenvalue weighted by molar-refractivity contribution is -0.117. The molecule has 204 valence electrons. The third-order valence-electron chi connectivity index (χ3n) is 5.87. The number of esters is 1. The molecular formula is C27H27N3O7S2. The van der Waals surface area contributed by atoms with Gasteiger partial charge in [0.25, 0.3) is 5.91 Å². The maximum absolute atomic E-state index is 13.8. The Kier molecular flexibility index (Phi) is 8.17. The van der Waals surface area contributed by atoms with Gasteiger partial charge in [0.1, 0.15) is 11.5 Å². The molecule has 1 unspecified atom stereocenters. The van der Waals surface area contributed by atoms with Gasteiger partial charge in [0.2, 0.25) is 5.78 Å². The predicted molar refractivity (Wildman–Crippen MR) is 147 cm³/mol. The standard InChI is InChI=1S/C27H27N3O7S2/c1-7-11-37-17-10-9-16(12-18(17)35-6)20-19(21(31)23-13(3)28-15(5)38-23)22(32)25(33)30(20)27-29-14(4)24(39-27)26(34)36-8-2/h7,9-10,12,20,32H,1,8,11H2,2-6H3. The number of anilines is 1. The number of benzene rings is 1. The van der Waals surface area contributed by atoms with Crippen molar-refractivity contribution in [2.24, 2.45) is 0 Å². The molecule has 0 saturated heterocycles. The van der Waals surface area contributed by atoms with Crippen LogP contribution in [0.2, 0.25) is 0 Å². The van der Waals surface area contributed by atoms with Crippen LogP contribution in [0.4, 0.5) is 5.13 Å². The van der Waals surface area contributed by atoms with Gasteiger partial charge in [-0.05, 0) is 45.4 Å². The molecule has 0 aliphatic carbocycles. The Morgan fingerprint density at radius 2 is 1.85 bits per heavy atom. The number of amides is 1. The normalized spacial score (nSPS) is 15.1. The van der Waals surface area contributed by atoms with Crippen molar-refractivity contribution in [3.05, 3.63) is 73.9 Å². The van der Waals surface area contributed by atoms with Crippen LogP contribution in [0.25, 0.3) is 0 Å². The van der Waals surface area contributed by atoms with Crippen LogP contribution in [0.5, 0.6) is 11.5 Å². The van der Waals surface area contributed by atoms with Crippen LogP contribution in [0, 0.1) is 20.8 Å². The van der Waals surface area contributed by atoms with E-state index in [4.69, 9.17) is 14.2 Å². The molecule has 1 atom stereocenters. The van der Waals surface area contributed by atoms with Gasteiger partial charge in [0.15, 0.2) is 22.4 Å². The number of carbonyl (C=O) groups excluding carboxylic acids is 3. The SMILES string of the molecule is C=CCOc1ccc(C2C(C(=O)c3sc(C)nc3C)=C(O)C(=O)N2c2nc(C)c(C(=O)OCC)s2)cc1OC. The second-order valence-electron chi connectivity index (χ2n) is 8.46. The number of nitrogens with zero attached hydrogens (tertiary/aromatic N) is 3. The minimum absolute atomic E-state index is 0.126. The number of hydrogen-bond donors (Lipinski definition) is 1. The summed E-state index contributed by atoms with van der Waals surface area (Å²) in [5.41, 5.74) is 1.19. The van der Waals surface area contributed by atoms with Gasteiger partial charge >= 0.3 is 5.97 Å². The van der Waals surface area contributed by atoms with E-state index in [0.29, 0.717) is 38.3 Å². The summed E-state index contributed by atoms with van der Waals surface area (Å²) in [6.07, 6.45) is 1.59. The molecule has 0 bridgehead atoms. The van der Waals surface area contributed by atoms with E-state index in [1.807, 2.05) is 0 Å². The molecule has 1 aliphatic heterocycles. The van der Waals surface area contributed by atoms with Crippen LogP contribution < -0.4 is 14.4 Å². The second kappa shape index (κ2) is 11.4. The second-order valence-corrected chi connectivity index (χ2v) is 10.6. The molecule has 1 aromatic carbocycles. The van der Waals surface area contributed by atoms with E-state index in [0.717, 1.165) is 11.3 Å². The van der Waals surface area contributed by atoms with Crippen molar-refractivity contribution >= 4 is 45.5 Å². The van der Waals surface area contributed by atoms with Gasteiger partial charge in [-0.25, -0.2) is 14.8 Å². The number of hydrogen-bond acceptors (Lipinski definition) is 11. The summed E-state index contributed by atoms with van der Waals surface area (Å²) in [7, 11) is 1.47. The van der Waals surface area contributed by atoms with Crippen molar-refractivity contribution in [3.8, 4) is 11.5 Å². The molecule has 2 aromatic heterocycles. The Bertz CT molecular complexity index is 1500. The Morgan fingerprint density at radius 3 is 2.46 bits per heavy atom. The minimum Gasteiger partial charge on any atom is -0.503 e. The zero-order valence-electron chi connectivity index (χ0n) is 22.1. The molecule has 1 aliphatic rings. The average Bonchev–Trinajstić information content (AvgIpc) is 3.54. The summed E-state index contributed by atoms with van der Waals surface area (Å²) < 4.78 is 16.3. The highest BCUT2D eigenvalue weighted by atomic mass is 32.1. The molecule has 3 heterocycles. The fourth-order valence-electron chi connectivity index (χ4n) is 4.21. The number of methoxy groups -OCH3 is 1. The number of aryl methyl sites for hydroxylation is 3. The van der Waals surface area contributed by atoms with E-state index in [1.54, 1.807) is 52.0 Å². The van der Waals surface area contributed by atoms with Gasteiger partial charge in [-0.3, -0.25) is 14.5 Å². The molecule has 4 rings (SSSR count). The van der Waals surface area contributed by atoms with Gasteiger partial charge in [0, 0.05) is 0 Å². The summed E-state index contributed by atoms with van der Waals surface area (Å²) in [6, 6.07) is 3.88. The van der Waals surface area contributed by atoms with Crippen LogP contribution >= 0.6 is 22.7 Å². The highest BCUT2D eigenvalue weighted by Gasteiger charge is 2.47. The third-order valence-corrected chi connectivity index (χ3v) is 8.08. The fraction of sp³-hybridized carbons (Fsp3) is 0.296. The lowest BCUT2D eigenvalue weighted by atomic mass is 9.95. The van der Waals surface area contributed by atoms with Crippen molar-refractivity contribution in [2.45, 2.75) is 33.7 Å². The lowest BCUT2D eigenvalue weighted by Crippen LogP contribution is -2.31. The first-order valence-corrected chi connectivity index (χ1v) is 13.6. The third kappa shape index (κ3) is 5.17. The van der Waals surface area contributed by atoms with Crippen LogP contribution in [0.1, 0.15) is 54.3 Å². The number of Topliss-reactive ketones (excluding diaryl/α,β-unsaturated/α-hetero) is 1. The first kappa shape index (κ1) is 28.0. The van der Waals surface area contributed by atoms with Crippen molar-refractivity contribution in [1.29, 1.82) is 0 Å². The Morgan fingerprint density at radius 1 is 1.13 bits per heavy atom. The molecule has 12 heteroatoms. The predicted octanol–water partition coefficient (Wildman–Crippen LogP) is 5.06. The molecule has 1 amide bonds. The largest absolute Gasteiger partial charge is 0.503 e. The number of aliphatic hydroxyl groups excluding tert-OH is 1. The van der Waals surface area contributed by atoms with E-state index in [2.05, 4.69) is 16.5 Å². The van der Waals surface area contributed by atoms with Gasteiger partial charge in [0.05, 0.1) is 46.6 Å². The van der Waals surface area contributed by atoms with Crippen LogP contribution in [-0.2, 0) is 9.53 Å². The number of carbonyl (C=O) groups is 3. The first-order valence-electron chi connectivity index (χ1n) is 11.9. The summed E-state index contributed by atoms with van der Waals surface area (Å²) in [5, 5.41) is 11.9. The van der Waals surface area contributed by atoms with Crippen LogP contribution in [0.15, 0.2) is 42.2 Å². The van der Waals surface area contributed by atoms with Crippen molar-refractivity contribution in [3.63, 3.8) is 0 Å². The topological polar surface area (TPSA) is 128 Å². The molecule has 39 heavy (non-hydrogen) atoms. The van der Waals surface area contributed by atoms with E-state index in [-0.39, 0.29) is 28.8 Å². The highest BCUT2D eigenvalue weighted by molar-refractivity contribution is 7.17. The van der Waals surface area contributed by atoms with Crippen LogP contribution in [0.3, 0.4) is 0 Å². The molecule has 1 N–H and O–H groups in total. The summed E-state index contributed by atoms with van der Waals surface area (Å²) in [4.78, 5) is 50.4. The Labute approximate surface area is 233 Å². The van der Waals surface area contributed by atoms with Gasteiger partial charge in [-0.2, -0.15) is 0 Å². The quantitative estimate of drug-likeness (QED) is 0.202. The maximum atomic E-state index is 13.8. The average molecular weight is 570 g/mol. The number of aliphatic hydroxyl groups is 1. The number of ether oxygens (including phenoxy) is 3. The van der Waals surface area contributed by atoms with Gasteiger partial charge in [-0.1, -0.05) is 30.1 Å². The monoisotopic (exact) mass is 569 g/mol. The first-order chi connectivity index (χ1) is 18.6. The molecule has 10 nitrogen and oxygen atoms in total. The zero-order valence-corrected chi connectivity index (χ0v) is 23.7. The molecule has 0 saturated carbocycles. The van der Waals surface area contributed by atoms with Gasteiger partial charge < -0.3 is 19.3 Å². The molecule has 0 fully saturated rings. The maximum Gasteiger partial charge on any atom is 0.350 e. The van der Waals surface area contributed by atoms with Crippen molar-refractivity contribution < 1.29 is 33.7 Å². The lowest BCUT2D eigenvalue weighted by Gasteiger charge is -2.25. The Balaban J connectivity index is 1.89. The fourth-order valence-corrected chi connectivity index (χ4v) is 6.07.